The lowest BCUT2D eigenvalue weighted by Gasteiger charge is -2.13. The molecule has 0 aliphatic heterocycles. The Morgan fingerprint density at radius 1 is 1.41 bits per heavy atom. The molecule has 0 aliphatic rings. The third-order valence-corrected chi connectivity index (χ3v) is 2.88. The van der Waals surface area contributed by atoms with Gasteiger partial charge < -0.3 is 15.7 Å². The van der Waals surface area contributed by atoms with Gasteiger partial charge in [-0.2, -0.15) is 0 Å². The average molecular weight is 264 g/mol. The first-order chi connectivity index (χ1) is 7.91. The van der Waals surface area contributed by atoms with Crippen LogP contribution in [-0.2, 0) is 15.6 Å². The van der Waals surface area contributed by atoms with E-state index in [0.29, 0.717) is 25.1 Å². The largest absolute Gasteiger partial charge is 0.481 e. The zero-order chi connectivity index (χ0) is 13.3. The van der Waals surface area contributed by atoms with Gasteiger partial charge in [0.05, 0.1) is 0 Å². The van der Waals surface area contributed by atoms with E-state index in [4.69, 9.17) is 5.11 Å². The van der Waals surface area contributed by atoms with Crippen molar-refractivity contribution in [3.05, 3.63) is 0 Å². The number of carbonyl (C=O) groups excluding carboxylic acids is 1. The Balaban J connectivity index is 3.57. The van der Waals surface area contributed by atoms with Gasteiger partial charge in [0.15, 0.2) is 0 Å². The molecule has 0 radical (unpaired) electrons. The van der Waals surface area contributed by atoms with Crippen LogP contribution in [0.4, 0.5) is 4.79 Å². The average Bonchev–Trinajstić information content (AvgIpc) is 2.21. The molecule has 100 valence electrons. The molecule has 0 aromatic carbocycles. The van der Waals surface area contributed by atoms with Crippen LogP contribution in [0.25, 0.3) is 0 Å². The fourth-order valence-electron chi connectivity index (χ4n) is 1.13. The molecule has 0 heterocycles. The SMILES string of the molecule is CC(CCS(C)=O)NC(=O)NCCCC(=O)O. The number of hydrogen-bond acceptors (Lipinski definition) is 3. The molecule has 0 aromatic rings. The second-order valence-electron chi connectivity index (χ2n) is 3.86. The van der Waals surface area contributed by atoms with Crippen molar-refractivity contribution in [2.45, 2.75) is 32.2 Å². The standard InChI is InChI=1S/C10H20N2O4S/c1-8(5-7-17(2)16)12-10(15)11-6-3-4-9(13)14/h8H,3-7H2,1-2H3,(H,13,14)(H2,11,12,15). The van der Waals surface area contributed by atoms with E-state index in [-0.39, 0.29) is 18.5 Å². The molecular weight excluding hydrogens is 244 g/mol. The lowest BCUT2D eigenvalue weighted by molar-refractivity contribution is -0.137. The summed E-state index contributed by atoms with van der Waals surface area (Å²) in [6, 6.07) is -0.358. The van der Waals surface area contributed by atoms with Gasteiger partial charge in [-0.1, -0.05) is 0 Å². The van der Waals surface area contributed by atoms with E-state index < -0.39 is 16.8 Å². The minimum Gasteiger partial charge on any atom is -0.481 e. The van der Waals surface area contributed by atoms with Crippen molar-refractivity contribution in [1.82, 2.24) is 10.6 Å². The van der Waals surface area contributed by atoms with Crippen LogP contribution < -0.4 is 10.6 Å². The van der Waals surface area contributed by atoms with Gasteiger partial charge in [-0.3, -0.25) is 9.00 Å². The van der Waals surface area contributed by atoms with E-state index in [1.165, 1.54) is 0 Å². The van der Waals surface area contributed by atoms with Gasteiger partial charge in [-0.15, -0.1) is 0 Å². The van der Waals surface area contributed by atoms with Gasteiger partial charge in [-0.05, 0) is 19.8 Å². The summed E-state index contributed by atoms with van der Waals surface area (Å²) in [5, 5.41) is 13.6. The monoisotopic (exact) mass is 264 g/mol. The van der Waals surface area contributed by atoms with Gasteiger partial charge in [0.1, 0.15) is 0 Å². The number of carbonyl (C=O) groups is 2. The topological polar surface area (TPSA) is 95.5 Å². The molecule has 3 N–H and O–H groups in total. The summed E-state index contributed by atoms with van der Waals surface area (Å²) in [5.74, 6) is -0.313. The minimum atomic E-state index is -0.869. The molecule has 17 heavy (non-hydrogen) atoms. The number of carboxylic acid groups (broad SMARTS) is 1. The van der Waals surface area contributed by atoms with Crippen LogP contribution >= 0.6 is 0 Å². The maximum Gasteiger partial charge on any atom is 0.314 e. The molecule has 0 saturated carbocycles. The Hall–Kier alpha value is -1.11. The summed E-state index contributed by atoms with van der Waals surface area (Å²) in [6.07, 6.45) is 2.74. The normalized spacial score (nSPS) is 13.8. The Kier molecular flexibility index (Phi) is 8.39. The fraction of sp³-hybridized carbons (Fsp3) is 0.800. The van der Waals surface area contributed by atoms with Crippen molar-refractivity contribution >= 4 is 22.8 Å². The highest BCUT2D eigenvalue weighted by Crippen LogP contribution is 1.92. The number of aliphatic carboxylic acids is 1. The highest BCUT2D eigenvalue weighted by atomic mass is 32.2. The van der Waals surface area contributed by atoms with Crippen LogP contribution in [0.1, 0.15) is 26.2 Å². The predicted molar refractivity (Wildman–Crippen MR) is 66.4 cm³/mol. The number of rotatable bonds is 8. The van der Waals surface area contributed by atoms with E-state index in [2.05, 4.69) is 10.6 Å². The van der Waals surface area contributed by atoms with Crippen LogP contribution in [0.3, 0.4) is 0 Å². The number of hydrogen-bond donors (Lipinski definition) is 3. The summed E-state index contributed by atoms with van der Waals surface area (Å²) < 4.78 is 10.8. The number of amides is 2. The van der Waals surface area contributed by atoms with Crippen LogP contribution in [-0.4, -0.2) is 45.9 Å². The van der Waals surface area contributed by atoms with Crippen molar-refractivity contribution < 1.29 is 18.9 Å². The Morgan fingerprint density at radius 2 is 2.06 bits per heavy atom. The number of nitrogens with one attached hydrogen (secondary N) is 2. The van der Waals surface area contributed by atoms with Gasteiger partial charge in [-0.25, -0.2) is 4.79 Å². The Morgan fingerprint density at radius 3 is 2.59 bits per heavy atom. The first kappa shape index (κ1) is 15.9. The van der Waals surface area contributed by atoms with Crippen molar-refractivity contribution in [3.63, 3.8) is 0 Å². The molecule has 0 aromatic heterocycles. The molecule has 0 saturated heterocycles. The quantitative estimate of drug-likeness (QED) is 0.550. The summed E-state index contributed by atoms with van der Waals surface area (Å²) in [4.78, 5) is 21.5. The van der Waals surface area contributed by atoms with E-state index in [1.807, 2.05) is 6.92 Å². The fourth-order valence-corrected chi connectivity index (χ4v) is 1.82. The lowest BCUT2D eigenvalue weighted by atomic mass is 10.3. The zero-order valence-corrected chi connectivity index (χ0v) is 11.0. The molecule has 2 atom stereocenters. The third-order valence-electron chi connectivity index (χ3n) is 2.07. The predicted octanol–water partition coefficient (Wildman–Crippen LogP) is 0.308. The molecule has 7 heteroatoms. The molecule has 0 fully saturated rings. The summed E-state index contributed by atoms with van der Waals surface area (Å²) in [7, 11) is -0.850. The smallest absolute Gasteiger partial charge is 0.314 e. The molecule has 0 rings (SSSR count). The number of urea groups is 1. The first-order valence-corrected chi connectivity index (χ1v) is 7.20. The van der Waals surface area contributed by atoms with E-state index in [1.54, 1.807) is 6.26 Å². The summed E-state index contributed by atoms with van der Waals surface area (Å²) in [6.45, 7) is 2.17. The maximum absolute atomic E-state index is 11.3. The molecule has 0 spiro atoms. The molecule has 0 bridgehead atoms. The number of carboxylic acids is 1. The Bertz CT molecular complexity index is 283. The summed E-state index contributed by atoms with van der Waals surface area (Å²) >= 11 is 0. The van der Waals surface area contributed by atoms with Crippen LogP contribution in [0.2, 0.25) is 0 Å². The van der Waals surface area contributed by atoms with Crippen molar-refractivity contribution in [3.8, 4) is 0 Å². The molecule has 2 unspecified atom stereocenters. The van der Waals surface area contributed by atoms with Crippen LogP contribution in [0, 0.1) is 0 Å². The molecule has 2 amide bonds. The third kappa shape index (κ3) is 11.2. The molecular formula is C10H20N2O4S. The second kappa shape index (κ2) is 8.98. The van der Waals surface area contributed by atoms with E-state index in [9.17, 15) is 13.8 Å². The van der Waals surface area contributed by atoms with Gasteiger partial charge in [0.2, 0.25) is 0 Å². The maximum atomic E-state index is 11.3. The van der Waals surface area contributed by atoms with Crippen molar-refractivity contribution in [2.24, 2.45) is 0 Å². The van der Waals surface area contributed by atoms with Crippen LogP contribution in [0.15, 0.2) is 0 Å². The van der Waals surface area contributed by atoms with Crippen molar-refractivity contribution in [2.75, 3.05) is 18.6 Å². The van der Waals surface area contributed by atoms with Gasteiger partial charge >= 0.3 is 12.0 Å². The van der Waals surface area contributed by atoms with Crippen LogP contribution in [0.5, 0.6) is 0 Å². The zero-order valence-electron chi connectivity index (χ0n) is 10.2. The summed E-state index contributed by atoms with van der Waals surface area (Å²) in [5.41, 5.74) is 0. The minimum absolute atomic E-state index is 0.0432. The Labute approximate surface area is 104 Å². The van der Waals surface area contributed by atoms with E-state index in [0.717, 1.165) is 0 Å². The lowest BCUT2D eigenvalue weighted by Crippen LogP contribution is -2.41. The first-order valence-electron chi connectivity index (χ1n) is 5.48. The second-order valence-corrected chi connectivity index (χ2v) is 5.42. The van der Waals surface area contributed by atoms with Gasteiger partial charge in [0.25, 0.3) is 0 Å². The van der Waals surface area contributed by atoms with Crippen molar-refractivity contribution in [1.29, 1.82) is 0 Å². The highest BCUT2D eigenvalue weighted by Gasteiger charge is 2.07. The molecule has 6 nitrogen and oxygen atoms in total. The highest BCUT2D eigenvalue weighted by molar-refractivity contribution is 7.84. The van der Waals surface area contributed by atoms with Gasteiger partial charge in [0, 0.05) is 41.8 Å². The van der Waals surface area contributed by atoms with E-state index >= 15 is 0 Å². The molecule has 0 aliphatic carbocycles.